The Morgan fingerprint density at radius 3 is 3.00 bits per heavy atom. The minimum absolute atomic E-state index is 0.528. The summed E-state index contributed by atoms with van der Waals surface area (Å²) in [4.78, 5) is 0. The molecule has 17 heavy (non-hydrogen) atoms. The van der Waals surface area contributed by atoms with Gasteiger partial charge in [0.05, 0.1) is 30.6 Å². The van der Waals surface area contributed by atoms with Gasteiger partial charge in [0.25, 0.3) is 0 Å². The van der Waals surface area contributed by atoms with Gasteiger partial charge in [-0.3, -0.25) is 0 Å². The van der Waals surface area contributed by atoms with Crippen molar-refractivity contribution in [3.05, 3.63) is 30.5 Å². The quantitative estimate of drug-likeness (QED) is 0.632. The summed E-state index contributed by atoms with van der Waals surface area (Å²) < 4.78 is 5.29. The zero-order valence-corrected chi connectivity index (χ0v) is 10.2. The highest BCUT2D eigenvalue weighted by Crippen LogP contribution is 2.19. The Labute approximate surface area is 105 Å². The number of nitrogens with one attached hydrogen (secondary N) is 1. The van der Waals surface area contributed by atoms with Crippen LogP contribution in [0.1, 0.15) is 0 Å². The Kier molecular flexibility index (Phi) is 4.53. The van der Waals surface area contributed by atoms with Crippen LogP contribution >= 0.6 is 11.6 Å². The molecule has 0 spiro atoms. The number of benzene rings is 1. The third-order valence-corrected chi connectivity index (χ3v) is 2.48. The number of anilines is 1. The van der Waals surface area contributed by atoms with Crippen LogP contribution in [0.5, 0.6) is 0 Å². The molecule has 0 aliphatic carbocycles. The van der Waals surface area contributed by atoms with E-state index in [2.05, 4.69) is 15.5 Å². The number of fused-ring (bicyclic) bond motifs is 1. The molecule has 0 bridgehead atoms. The minimum Gasteiger partial charge on any atom is -0.381 e. The number of ether oxygens (including phenoxy) is 1. The van der Waals surface area contributed by atoms with Crippen molar-refractivity contribution in [3.8, 4) is 0 Å². The van der Waals surface area contributed by atoms with Gasteiger partial charge in [0.2, 0.25) is 0 Å². The largest absolute Gasteiger partial charge is 0.381 e. The fraction of sp³-hybridized carbons (Fsp3) is 0.333. The molecule has 0 unspecified atom stereocenters. The van der Waals surface area contributed by atoms with Gasteiger partial charge in [-0.05, 0) is 6.07 Å². The maximum atomic E-state index is 5.51. The molecule has 2 rings (SSSR count). The van der Waals surface area contributed by atoms with Crippen LogP contribution in [-0.2, 0) is 4.74 Å². The summed E-state index contributed by atoms with van der Waals surface area (Å²) in [6.45, 7) is 1.94. The van der Waals surface area contributed by atoms with Crippen LogP contribution in [-0.4, -0.2) is 35.8 Å². The molecule has 1 aromatic carbocycles. The van der Waals surface area contributed by atoms with E-state index in [1.165, 1.54) is 0 Å². The van der Waals surface area contributed by atoms with Gasteiger partial charge in [-0.15, -0.1) is 11.6 Å². The molecular formula is C12H14ClN3O. The van der Waals surface area contributed by atoms with Gasteiger partial charge >= 0.3 is 0 Å². The van der Waals surface area contributed by atoms with Crippen molar-refractivity contribution in [2.45, 2.75) is 0 Å². The number of nitrogens with zero attached hydrogens (tertiary/aromatic N) is 2. The van der Waals surface area contributed by atoms with Crippen molar-refractivity contribution in [3.63, 3.8) is 0 Å². The highest BCUT2D eigenvalue weighted by molar-refractivity contribution is 6.17. The van der Waals surface area contributed by atoms with Gasteiger partial charge in [-0.25, -0.2) is 0 Å². The first kappa shape index (κ1) is 12.1. The van der Waals surface area contributed by atoms with Crippen molar-refractivity contribution >= 4 is 28.2 Å². The number of rotatable bonds is 6. The molecule has 5 heteroatoms. The number of hydrogen-bond donors (Lipinski definition) is 1. The topological polar surface area (TPSA) is 47.0 Å². The van der Waals surface area contributed by atoms with E-state index in [-0.39, 0.29) is 0 Å². The van der Waals surface area contributed by atoms with Crippen LogP contribution in [0.3, 0.4) is 0 Å². The van der Waals surface area contributed by atoms with E-state index in [9.17, 15) is 0 Å². The van der Waals surface area contributed by atoms with Crippen LogP contribution in [0.2, 0.25) is 0 Å². The van der Waals surface area contributed by atoms with Gasteiger partial charge in [0, 0.05) is 17.8 Å². The molecule has 90 valence electrons. The molecule has 0 aliphatic rings. The van der Waals surface area contributed by atoms with Crippen molar-refractivity contribution < 1.29 is 4.74 Å². The van der Waals surface area contributed by atoms with Crippen LogP contribution < -0.4 is 5.32 Å². The summed E-state index contributed by atoms with van der Waals surface area (Å²) in [6.07, 6.45) is 1.73. The van der Waals surface area contributed by atoms with E-state index in [4.69, 9.17) is 16.3 Å². The summed E-state index contributed by atoms with van der Waals surface area (Å²) in [5.41, 5.74) is 1.87. The maximum absolute atomic E-state index is 5.51. The first-order valence-electron chi connectivity index (χ1n) is 5.50. The first-order valence-corrected chi connectivity index (χ1v) is 6.03. The Balaban J connectivity index is 1.98. The lowest BCUT2D eigenvalue weighted by Gasteiger charge is -2.08. The zero-order valence-electron chi connectivity index (χ0n) is 9.40. The lowest BCUT2D eigenvalue weighted by atomic mass is 10.2. The molecule has 0 amide bonds. The third-order valence-electron chi connectivity index (χ3n) is 2.33. The molecule has 1 aromatic heterocycles. The fourth-order valence-corrected chi connectivity index (χ4v) is 1.67. The summed E-state index contributed by atoms with van der Waals surface area (Å²) >= 11 is 5.51. The molecule has 0 saturated carbocycles. The molecule has 0 saturated heterocycles. The van der Waals surface area contributed by atoms with Gasteiger partial charge in [-0.1, -0.05) is 18.2 Å². The lowest BCUT2D eigenvalue weighted by molar-refractivity contribution is 0.160. The van der Waals surface area contributed by atoms with Crippen LogP contribution in [0.15, 0.2) is 30.5 Å². The molecule has 1 heterocycles. The monoisotopic (exact) mass is 251 g/mol. The second kappa shape index (κ2) is 6.37. The number of halogens is 1. The molecule has 1 N–H and O–H groups in total. The molecule has 0 aliphatic heterocycles. The minimum atomic E-state index is 0.528. The van der Waals surface area contributed by atoms with E-state index in [1.54, 1.807) is 6.20 Å². The van der Waals surface area contributed by atoms with Gasteiger partial charge in [-0.2, -0.15) is 10.2 Å². The second-order valence-corrected chi connectivity index (χ2v) is 3.88. The maximum Gasteiger partial charge on any atom is 0.0950 e. The van der Waals surface area contributed by atoms with E-state index in [0.717, 1.165) is 23.1 Å². The van der Waals surface area contributed by atoms with Gasteiger partial charge < -0.3 is 10.1 Å². The Morgan fingerprint density at radius 2 is 2.12 bits per heavy atom. The lowest BCUT2D eigenvalue weighted by Crippen LogP contribution is -2.11. The molecule has 0 radical (unpaired) electrons. The second-order valence-electron chi connectivity index (χ2n) is 3.50. The van der Waals surface area contributed by atoms with Gasteiger partial charge in [0.1, 0.15) is 0 Å². The summed E-state index contributed by atoms with van der Waals surface area (Å²) in [5.74, 6) is 0.528. The summed E-state index contributed by atoms with van der Waals surface area (Å²) in [6, 6.07) is 7.90. The van der Waals surface area contributed by atoms with Crippen molar-refractivity contribution in [1.29, 1.82) is 0 Å². The standard InChI is InChI=1S/C12H14ClN3O/c13-5-7-17-8-6-14-12-9-15-16-11-4-2-1-3-10(11)12/h1-4,9H,5-8H2,(H,14,16). The molecule has 4 nitrogen and oxygen atoms in total. The normalized spacial score (nSPS) is 10.6. The van der Waals surface area contributed by atoms with Gasteiger partial charge in [0.15, 0.2) is 0 Å². The fourth-order valence-electron chi connectivity index (χ4n) is 1.56. The molecule has 0 fully saturated rings. The Bertz CT molecular complexity index is 473. The van der Waals surface area contributed by atoms with Crippen LogP contribution in [0.25, 0.3) is 10.9 Å². The van der Waals surface area contributed by atoms with Crippen LogP contribution in [0.4, 0.5) is 5.69 Å². The molecule has 0 atom stereocenters. The number of hydrogen-bond acceptors (Lipinski definition) is 4. The van der Waals surface area contributed by atoms with Crippen LogP contribution in [0, 0.1) is 0 Å². The van der Waals surface area contributed by atoms with Crippen molar-refractivity contribution in [2.24, 2.45) is 0 Å². The smallest absolute Gasteiger partial charge is 0.0950 e. The highest BCUT2D eigenvalue weighted by Gasteiger charge is 2.00. The summed E-state index contributed by atoms with van der Waals surface area (Å²) in [7, 11) is 0. The van der Waals surface area contributed by atoms with E-state index in [0.29, 0.717) is 19.1 Å². The van der Waals surface area contributed by atoms with E-state index >= 15 is 0 Å². The number of alkyl halides is 1. The first-order chi connectivity index (χ1) is 8.42. The molecular weight excluding hydrogens is 238 g/mol. The number of aromatic nitrogens is 2. The average Bonchev–Trinajstić information content (AvgIpc) is 2.39. The molecule has 2 aromatic rings. The van der Waals surface area contributed by atoms with Crippen molar-refractivity contribution in [2.75, 3.05) is 31.0 Å². The Morgan fingerprint density at radius 1 is 1.24 bits per heavy atom. The predicted octanol–water partition coefficient (Wildman–Crippen LogP) is 2.30. The van der Waals surface area contributed by atoms with Crippen molar-refractivity contribution in [1.82, 2.24) is 10.2 Å². The highest BCUT2D eigenvalue weighted by atomic mass is 35.5. The third kappa shape index (κ3) is 3.28. The SMILES string of the molecule is ClCCOCCNc1cnnc2ccccc12. The van der Waals surface area contributed by atoms with E-state index < -0.39 is 0 Å². The van der Waals surface area contributed by atoms with E-state index in [1.807, 2.05) is 24.3 Å². The predicted molar refractivity (Wildman–Crippen MR) is 69.6 cm³/mol. The summed E-state index contributed by atoms with van der Waals surface area (Å²) in [5, 5.41) is 12.4. The Hall–Kier alpha value is -1.39. The average molecular weight is 252 g/mol. The zero-order chi connectivity index (χ0) is 11.9.